The van der Waals surface area contributed by atoms with Gasteiger partial charge in [-0.15, -0.1) is 0 Å². The van der Waals surface area contributed by atoms with E-state index in [0.29, 0.717) is 19.4 Å². The normalized spacial score (nSPS) is 23.9. The number of ether oxygens (including phenoxy) is 1. The fourth-order valence-corrected chi connectivity index (χ4v) is 1.65. The monoisotopic (exact) mass is 201 g/mol. The van der Waals surface area contributed by atoms with E-state index in [2.05, 4.69) is 5.32 Å². The number of hydrogen-bond donors (Lipinski definition) is 2. The first-order valence-electron chi connectivity index (χ1n) is 4.74. The average molecular weight is 201 g/mol. The summed E-state index contributed by atoms with van der Waals surface area (Å²) >= 11 is 0. The van der Waals surface area contributed by atoms with Crippen LogP contribution in [-0.2, 0) is 14.3 Å². The molecule has 1 rings (SSSR count). The molecule has 1 aliphatic heterocycles. The summed E-state index contributed by atoms with van der Waals surface area (Å²) in [5, 5.41) is 11.1. The Balaban J connectivity index is 2.36. The van der Waals surface area contributed by atoms with Gasteiger partial charge in [-0.1, -0.05) is 0 Å². The highest BCUT2D eigenvalue weighted by Gasteiger charge is 2.23. The number of amides is 1. The van der Waals surface area contributed by atoms with Crippen LogP contribution in [0.2, 0.25) is 0 Å². The molecular formula is C9H15NO4. The van der Waals surface area contributed by atoms with Crippen LogP contribution in [0.4, 0.5) is 0 Å². The highest BCUT2D eigenvalue weighted by atomic mass is 16.5. The molecule has 5 nitrogen and oxygen atoms in total. The molecule has 1 fully saturated rings. The molecule has 0 saturated carbocycles. The zero-order valence-electron chi connectivity index (χ0n) is 7.94. The van der Waals surface area contributed by atoms with Gasteiger partial charge >= 0.3 is 5.97 Å². The van der Waals surface area contributed by atoms with Gasteiger partial charge in [0.15, 0.2) is 0 Å². The zero-order valence-corrected chi connectivity index (χ0v) is 7.94. The second-order valence-corrected chi connectivity index (χ2v) is 3.49. The number of aliphatic carboxylic acids is 1. The SMILES string of the molecule is O=CNC(CC1CCCOC1)C(=O)O. The number of carbonyl (C=O) groups is 2. The molecule has 0 bridgehead atoms. The Morgan fingerprint density at radius 1 is 1.71 bits per heavy atom. The molecule has 80 valence electrons. The molecule has 2 unspecified atom stereocenters. The molecule has 2 atom stereocenters. The minimum Gasteiger partial charge on any atom is -0.480 e. The van der Waals surface area contributed by atoms with Crippen LogP contribution in [0.25, 0.3) is 0 Å². The van der Waals surface area contributed by atoms with E-state index < -0.39 is 12.0 Å². The van der Waals surface area contributed by atoms with E-state index in [1.165, 1.54) is 0 Å². The van der Waals surface area contributed by atoms with Gasteiger partial charge in [0.25, 0.3) is 0 Å². The molecule has 14 heavy (non-hydrogen) atoms. The number of nitrogens with one attached hydrogen (secondary N) is 1. The predicted molar refractivity (Wildman–Crippen MR) is 48.8 cm³/mol. The van der Waals surface area contributed by atoms with Crippen molar-refractivity contribution >= 4 is 12.4 Å². The maximum absolute atomic E-state index is 10.7. The summed E-state index contributed by atoms with van der Waals surface area (Å²) in [7, 11) is 0. The minimum absolute atomic E-state index is 0.247. The molecule has 5 heteroatoms. The molecule has 0 aromatic rings. The van der Waals surface area contributed by atoms with Crippen molar-refractivity contribution in [3.05, 3.63) is 0 Å². The van der Waals surface area contributed by atoms with Crippen LogP contribution in [0.5, 0.6) is 0 Å². The Labute approximate surface area is 82.4 Å². The Morgan fingerprint density at radius 3 is 3.00 bits per heavy atom. The lowest BCUT2D eigenvalue weighted by molar-refractivity contribution is -0.141. The van der Waals surface area contributed by atoms with E-state index in [0.717, 1.165) is 19.4 Å². The number of carboxylic acids is 1. The van der Waals surface area contributed by atoms with E-state index in [4.69, 9.17) is 9.84 Å². The summed E-state index contributed by atoms with van der Waals surface area (Å²) in [5.74, 6) is -0.736. The van der Waals surface area contributed by atoms with Crippen molar-refractivity contribution in [2.45, 2.75) is 25.3 Å². The van der Waals surface area contributed by atoms with Crippen LogP contribution in [0, 0.1) is 5.92 Å². The van der Waals surface area contributed by atoms with Crippen LogP contribution in [0.1, 0.15) is 19.3 Å². The van der Waals surface area contributed by atoms with Crippen LogP contribution in [0.15, 0.2) is 0 Å². The quantitative estimate of drug-likeness (QED) is 0.614. The molecular weight excluding hydrogens is 186 g/mol. The van der Waals surface area contributed by atoms with Crippen LogP contribution in [-0.4, -0.2) is 36.7 Å². The van der Waals surface area contributed by atoms with Crippen molar-refractivity contribution in [1.82, 2.24) is 5.32 Å². The molecule has 2 N–H and O–H groups in total. The number of carbonyl (C=O) groups excluding carboxylic acids is 1. The van der Waals surface area contributed by atoms with Crippen molar-refractivity contribution in [3.8, 4) is 0 Å². The first-order chi connectivity index (χ1) is 6.74. The van der Waals surface area contributed by atoms with Crippen molar-refractivity contribution in [2.24, 2.45) is 5.92 Å². The first-order valence-corrected chi connectivity index (χ1v) is 4.74. The number of hydrogen-bond acceptors (Lipinski definition) is 3. The Bertz CT molecular complexity index is 201. The van der Waals surface area contributed by atoms with E-state index in [1.54, 1.807) is 0 Å². The molecule has 1 saturated heterocycles. The second kappa shape index (κ2) is 5.59. The van der Waals surface area contributed by atoms with E-state index >= 15 is 0 Å². The molecule has 0 aliphatic carbocycles. The summed E-state index contributed by atoms with van der Waals surface area (Å²) in [5.41, 5.74) is 0. The summed E-state index contributed by atoms with van der Waals surface area (Å²) in [6, 6.07) is -0.779. The van der Waals surface area contributed by atoms with Gasteiger partial charge in [0.1, 0.15) is 6.04 Å². The van der Waals surface area contributed by atoms with Gasteiger partial charge in [0, 0.05) is 13.2 Å². The second-order valence-electron chi connectivity index (χ2n) is 3.49. The van der Waals surface area contributed by atoms with Gasteiger partial charge in [-0.3, -0.25) is 4.79 Å². The molecule has 1 amide bonds. The third-order valence-electron chi connectivity index (χ3n) is 2.39. The maximum Gasteiger partial charge on any atom is 0.326 e. The lowest BCUT2D eigenvalue weighted by Crippen LogP contribution is -2.38. The minimum atomic E-state index is -0.984. The van der Waals surface area contributed by atoms with E-state index in [-0.39, 0.29) is 5.92 Å². The predicted octanol–water partition coefficient (Wildman–Crippen LogP) is 0.00230. The van der Waals surface area contributed by atoms with Crippen molar-refractivity contribution in [3.63, 3.8) is 0 Å². The smallest absolute Gasteiger partial charge is 0.326 e. The summed E-state index contributed by atoms with van der Waals surface area (Å²) in [6.45, 7) is 1.36. The van der Waals surface area contributed by atoms with Crippen LogP contribution < -0.4 is 5.32 Å². The number of carboxylic acid groups (broad SMARTS) is 1. The van der Waals surface area contributed by atoms with Crippen molar-refractivity contribution in [2.75, 3.05) is 13.2 Å². The summed E-state index contributed by atoms with van der Waals surface area (Å²) < 4.78 is 5.23. The van der Waals surface area contributed by atoms with Gasteiger partial charge in [-0.2, -0.15) is 0 Å². The van der Waals surface area contributed by atoms with Gasteiger partial charge < -0.3 is 15.2 Å². The largest absolute Gasteiger partial charge is 0.480 e. The van der Waals surface area contributed by atoms with E-state index in [9.17, 15) is 9.59 Å². The van der Waals surface area contributed by atoms with Crippen LogP contribution in [0.3, 0.4) is 0 Å². The molecule has 0 aromatic heterocycles. The maximum atomic E-state index is 10.7. The fourth-order valence-electron chi connectivity index (χ4n) is 1.65. The molecule has 0 spiro atoms. The summed E-state index contributed by atoms with van der Waals surface area (Å²) in [6.07, 6.45) is 2.83. The van der Waals surface area contributed by atoms with Gasteiger partial charge in [-0.25, -0.2) is 4.79 Å². The van der Waals surface area contributed by atoms with Crippen molar-refractivity contribution in [1.29, 1.82) is 0 Å². The first kappa shape index (κ1) is 11.0. The third kappa shape index (κ3) is 3.33. The van der Waals surface area contributed by atoms with Gasteiger partial charge in [0.2, 0.25) is 6.41 Å². The topological polar surface area (TPSA) is 75.6 Å². The molecule has 0 aromatic carbocycles. The third-order valence-corrected chi connectivity index (χ3v) is 2.39. The van der Waals surface area contributed by atoms with Crippen molar-refractivity contribution < 1.29 is 19.4 Å². The lowest BCUT2D eigenvalue weighted by atomic mass is 9.94. The van der Waals surface area contributed by atoms with E-state index in [1.807, 2.05) is 0 Å². The highest BCUT2D eigenvalue weighted by Crippen LogP contribution is 2.18. The lowest BCUT2D eigenvalue weighted by Gasteiger charge is -2.24. The molecule has 0 radical (unpaired) electrons. The Morgan fingerprint density at radius 2 is 2.50 bits per heavy atom. The van der Waals surface area contributed by atoms with Crippen LogP contribution >= 0.6 is 0 Å². The number of rotatable bonds is 5. The zero-order chi connectivity index (χ0) is 10.4. The average Bonchev–Trinajstić information content (AvgIpc) is 2.18. The standard InChI is InChI=1S/C9H15NO4/c11-6-10-8(9(12)13)4-7-2-1-3-14-5-7/h6-8H,1-5H2,(H,10,11)(H,12,13). The summed E-state index contributed by atoms with van der Waals surface area (Å²) in [4.78, 5) is 20.9. The Kier molecular flexibility index (Phi) is 4.39. The highest BCUT2D eigenvalue weighted by molar-refractivity contribution is 5.76. The molecule has 1 aliphatic rings. The fraction of sp³-hybridized carbons (Fsp3) is 0.778. The van der Waals surface area contributed by atoms with Gasteiger partial charge in [-0.05, 0) is 25.2 Å². The van der Waals surface area contributed by atoms with Gasteiger partial charge in [0.05, 0.1) is 0 Å². The Hall–Kier alpha value is -1.10. The molecule has 1 heterocycles.